The summed E-state index contributed by atoms with van der Waals surface area (Å²) in [7, 11) is 1.65. The first kappa shape index (κ1) is 11.5. The van der Waals surface area contributed by atoms with Gasteiger partial charge in [0.1, 0.15) is 5.75 Å². The number of piperidine rings is 1. The number of epoxide rings is 1. The molecular weight excluding hydrogens is 230 g/mol. The zero-order valence-corrected chi connectivity index (χ0v) is 10.6. The van der Waals surface area contributed by atoms with Crippen LogP contribution in [-0.2, 0) is 9.53 Å². The summed E-state index contributed by atoms with van der Waals surface area (Å²) in [6.07, 6.45) is 0.980. The summed E-state index contributed by atoms with van der Waals surface area (Å²) in [6.45, 7) is 2.84. The van der Waals surface area contributed by atoms with Crippen molar-refractivity contribution in [2.45, 2.75) is 31.6 Å². The Morgan fingerprint density at radius 3 is 2.78 bits per heavy atom. The molecule has 0 bridgehead atoms. The van der Waals surface area contributed by atoms with Gasteiger partial charge in [0.25, 0.3) is 5.91 Å². The standard InChI is InChI=1S/C14H17NO3/c1-9(10-3-5-11(17-2)6-4-10)15-8-7-12-13(18-12)14(15)16/h3-6,9,12-13H,7-8H2,1-2H3/t9-,12+,13+/m0/s1. The first-order valence-corrected chi connectivity index (χ1v) is 6.30. The highest BCUT2D eigenvalue weighted by Crippen LogP contribution is 2.35. The van der Waals surface area contributed by atoms with Crippen molar-refractivity contribution < 1.29 is 14.3 Å². The fourth-order valence-corrected chi connectivity index (χ4v) is 2.57. The van der Waals surface area contributed by atoms with Gasteiger partial charge in [0.2, 0.25) is 0 Å². The third-order valence-electron chi connectivity index (χ3n) is 3.83. The molecule has 2 heterocycles. The van der Waals surface area contributed by atoms with Gasteiger partial charge < -0.3 is 14.4 Å². The molecule has 0 N–H and O–H groups in total. The van der Waals surface area contributed by atoms with Crippen LogP contribution in [0.15, 0.2) is 24.3 Å². The number of hydrogen-bond donors (Lipinski definition) is 0. The SMILES string of the molecule is COc1ccc([C@H](C)N2CC[C@H]3O[C@H]3C2=O)cc1. The number of hydrogen-bond acceptors (Lipinski definition) is 3. The molecule has 2 aliphatic rings. The van der Waals surface area contributed by atoms with E-state index in [1.54, 1.807) is 7.11 Å². The molecule has 3 atom stereocenters. The Morgan fingerprint density at radius 1 is 1.39 bits per heavy atom. The Bertz CT molecular complexity index is 457. The summed E-state index contributed by atoms with van der Waals surface area (Å²) in [4.78, 5) is 14.0. The predicted octanol–water partition coefficient (Wildman–Crippen LogP) is 1.76. The van der Waals surface area contributed by atoms with E-state index in [-0.39, 0.29) is 24.2 Å². The molecule has 0 aliphatic carbocycles. The lowest BCUT2D eigenvalue weighted by Crippen LogP contribution is -2.41. The van der Waals surface area contributed by atoms with Crippen LogP contribution in [0.5, 0.6) is 5.75 Å². The Morgan fingerprint density at radius 2 is 2.11 bits per heavy atom. The maximum atomic E-state index is 12.1. The predicted molar refractivity (Wildman–Crippen MR) is 66.4 cm³/mol. The van der Waals surface area contributed by atoms with Gasteiger partial charge in [-0.05, 0) is 31.0 Å². The summed E-state index contributed by atoms with van der Waals surface area (Å²) in [5, 5.41) is 0. The molecule has 4 heteroatoms. The Kier molecular flexibility index (Phi) is 2.74. The number of likely N-dealkylation sites (tertiary alicyclic amines) is 1. The van der Waals surface area contributed by atoms with Crippen molar-refractivity contribution >= 4 is 5.91 Å². The monoisotopic (exact) mass is 247 g/mol. The Hall–Kier alpha value is -1.55. The number of nitrogens with zero attached hydrogens (tertiary/aromatic N) is 1. The number of ether oxygens (including phenoxy) is 2. The molecule has 96 valence electrons. The largest absolute Gasteiger partial charge is 0.497 e. The van der Waals surface area contributed by atoms with Crippen LogP contribution in [0.25, 0.3) is 0 Å². The second-order valence-electron chi connectivity index (χ2n) is 4.86. The number of benzene rings is 1. The molecule has 1 aromatic rings. The van der Waals surface area contributed by atoms with Gasteiger partial charge in [-0.1, -0.05) is 12.1 Å². The zero-order valence-electron chi connectivity index (χ0n) is 10.6. The second kappa shape index (κ2) is 4.28. The van der Waals surface area contributed by atoms with Crippen molar-refractivity contribution in [2.24, 2.45) is 0 Å². The molecule has 0 spiro atoms. The topological polar surface area (TPSA) is 42.1 Å². The molecule has 0 radical (unpaired) electrons. The summed E-state index contributed by atoms with van der Waals surface area (Å²) in [5.41, 5.74) is 1.13. The third kappa shape index (κ3) is 1.86. The van der Waals surface area contributed by atoms with E-state index in [4.69, 9.17) is 9.47 Å². The highest BCUT2D eigenvalue weighted by Gasteiger charge is 2.51. The smallest absolute Gasteiger partial charge is 0.254 e. The molecule has 1 aromatic carbocycles. The molecule has 2 fully saturated rings. The lowest BCUT2D eigenvalue weighted by atomic mass is 10.0. The van der Waals surface area contributed by atoms with Gasteiger partial charge in [-0.15, -0.1) is 0 Å². The van der Waals surface area contributed by atoms with Crippen LogP contribution in [-0.4, -0.2) is 36.7 Å². The van der Waals surface area contributed by atoms with Gasteiger partial charge in [-0.3, -0.25) is 4.79 Å². The van der Waals surface area contributed by atoms with Gasteiger partial charge in [0.15, 0.2) is 6.10 Å². The molecule has 2 aliphatic heterocycles. The lowest BCUT2D eigenvalue weighted by Gasteiger charge is -2.31. The first-order chi connectivity index (χ1) is 8.70. The molecule has 1 amide bonds. The van der Waals surface area contributed by atoms with E-state index in [1.807, 2.05) is 29.2 Å². The summed E-state index contributed by atoms with van der Waals surface area (Å²) in [5.74, 6) is 0.969. The van der Waals surface area contributed by atoms with Gasteiger partial charge in [0.05, 0.1) is 19.3 Å². The Balaban J connectivity index is 1.76. The van der Waals surface area contributed by atoms with Crippen LogP contribution in [0, 0.1) is 0 Å². The maximum absolute atomic E-state index is 12.1. The molecule has 3 rings (SSSR count). The lowest BCUT2D eigenvalue weighted by molar-refractivity contribution is -0.135. The van der Waals surface area contributed by atoms with E-state index in [2.05, 4.69) is 6.92 Å². The van der Waals surface area contributed by atoms with Crippen molar-refractivity contribution in [1.29, 1.82) is 0 Å². The van der Waals surface area contributed by atoms with Crippen molar-refractivity contribution in [2.75, 3.05) is 13.7 Å². The zero-order chi connectivity index (χ0) is 12.7. The van der Waals surface area contributed by atoms with E-state index >= 15 is 0 Å². The summed E-state index contributed by atoms with van der Waals surface area (Å²) in [6, 6.07) is 7.97. The van der Waals surface area contributed by atoms with E-state index in [1.165, 1.54) is 0 Å². The molecule has 18 heavy (non-hydrogen) atoms. The van der Waals surface area contributed by atoms with Crippen molar-refractivity contribution in [3.63, 3.8) is 0 Å². The number of carbonyl (C=O) groups is 1. The fraction of sp³-hybridized carbons (Fsp3) is 0.500. The molecule has 2 saturated heterocycles. The van der Waals surface area contributed by atoms with Gasteiger partial charge >= 0.3 is 0 Å². The normalized spacial score (nSPS) is 27.7. The van der Waals surface area contributed by atoms with Crippen LogP contribution in [0.2, 0.25) is 0 Å². The summed E-state index contributed by atoms with van der Waals surface area (Å²) >= 11 is 0. The maximum Gasteiger partial charge on any atom is 0.254 e. The van der Waals surface area contributed by atoms with E-state index in [9.17, 15) is 4.79 Å². The number of amides is 1. The minimum Gasteiger partial charge on any atom is -0.497 e. The molecule has 0 unspecified atom stereocenters. The van der Waals surface area contributed by atoms with E-state index < -0.39 is 0 Å². The number of carbonyl (C=O) groups excluding carboxylic acids is 1. The van der Waals surface area contributed by atoms with Crippen molar-refractivity contribution in [3.05, 3.63) is 29.8 Å². The van der Waals surface area contributed by atoms with Gasteiger partial charge in [-0.25, -0.2) is 0 Å². The van der Waals surface area contributed by atoms with Crippen molar-refractivity contribution in [1.82, 2.24) is 4.90 Å². The average Bonchev–Trinajstić information content (AvgIpc) is 3.19. The highest BCUT2D eigenvalue weighted by atomic mass is 16.6. The average molecular weight is 247 g/mol. The van der Waals surface area contributed by atoms with E-state index in [0.29, 0.717) is 0 Å². The summed E-state index contributed by atoms with van der Waals surface area (Å²) < 4.78 is 10.5. The minimum atomic E-state index is -0.167. The van der Waals surface area contributed by atoms with Crippen LogP contribution in [0.4, 0.5) is 0 Å². The van der Waals surface area contributed by atoms with Crippen LogP contribution >= 0.6 is 0 Å². The van der Waals surface area contributed by atoms with Crippen LogP contribution in [0.1, 0.15) is 24.9 Å². The number of methoxy groups -OCH3 is 1. The molecule has 0 aromatic heterocycles. The van der Waals surface area contributed by atoms with Crippen molar-refractivity contribution in [3.8, 4) is 5.75 Å². The van der Waals surface area contributed by atoms with E-state index in [0.717, 1.165) is 24.3 Å². The second-order valence-corrected chi connectivity index (χ2v) is 4.86. The minimum absolute atomic E-state index is 0.0913. The molecule has 4 nitrogen and oxygen atoms in total. The first-order valence-electron chi connectivity index (χ1n) is 6.30. The third-order valence-corrected chi connectivity index (χ3v) is 3.83. The quantitative estimate of drug-likeness (QED) is 0.764. The van der Waals surface area contributed by atoms with Gasteiger partial charge in [0, 0.05) is 6.54 Å². The Labute approximate surface area is 106 Å². The van der Waals surface area contributed by atoms with Crippen LogP contribution < -0.4 is 4.74 Å². The molecular formula is C14H17NO3. The fourth-order valence-electron chi connectivity index (χ4n) is 2.57. The van der Waals surface area contributed by atoms with Gasteiger partial charge in [-0.2, -0.15) is 0 Å². The highest BCUT2D eigenvalue weighted by molar-refractivity contribution is 5.85. The molecule has 0 saturated carbocycles. The number of rotatable bonds is 3. The number of fused-ring (bicyclic) bond motifs is 1. The van der Waals surface area contributed by atoms with Crippen LogP contribution in [0.3, 0.4) is 0 Å².